The van der Waals surface area contributed by atoms with Crippen molar-refractivity contribution >= 4 is 97.5 Å². The summed E-state index contributed by atoms with van der Waals surface area (Å²) in [5.41, 5.74) is 16.3. The Labute approximate surface area is 384 Å². The largest absolute Gasteiger partial charge is 0.398 e. The first-order chi connectivity index (χ1) is 32.5. The highest BCUT2D eigenvalue weighted by Gasteiger charge is 2.25. The van der Waals surface area contributed by atoms with E-state index in [4.69, 9.17) is 20.7 Å². The number of allylic oxidation sites excluding steroid dienone is 4. The lowest BCUT2D eigenvalue weighted by Gasteiger charge is -2.15. The smallest absolute Gasteiger partial charge is 0.238 e. The summed E-state index contributed by atoms with van der Waals surface area (Å²) in [7, 11) is 0. The number of benzene rings is 8. The minimum atomic E-state index is 0.00585. The van der Waals surface area contributed by atoms with Crippen molar-refractivity contribution in [3.05, 3.63) is 205 Å². The van der Waals surface area contributed by atoms with Crippen molar-refractivity contribution in [1.82, 2.24) is 24.1 Å². The molecule has 2 N–H and O–H groups in total. The maximum atomic E-state index is 6.79. The van der Waals surface area contributed by atoms with E-state index in [0.29, 0.717) is 17.6 Å². The van der Waals surface area contributed by atoms with Crippen molar-refractivity contribution in [3.8, 4) is 28.7 Å². The summed E-state index contributed by atoms with van der Waals surface area (Å²) in [5, 5.41) is 10.8. The van der Waals surface area contributed by atoms with Gasteiger partial charge >= 0.3 is 0 Å². The Balaban J connectivity index is 0.975. The highest BCUT2D eigenvalue weighted by atomic mass is 32.1. The van der Waals surface area contributed by atoms with Crippen LogP contribution in [0.15, 0.2) is 188 Å². The molecule has 1 aliphatic rings. The summed E-state index contributed by atoms with van der Waals surface area (Å²) in [4.78, 5) is 16.0. The van der Waals surface area contributed by atoms with Crippen molar-refractivity contribution in [2.45, 2.75) is 25.8 Å². The zero-order chi connectivity index (χ0) is 43.9. The molecule has 12 aromatic rings. The Morgan fingerprint density at radius 2 is 1.26 bits per heavy atom. The first kappa shape index (κ1) is 38.3. The van der Waals surface area contributed by atoms with E-state index in [0.717, 1.165) is 57.0 Å². The Morgan fingerprint density at radius 3 is 2.02 bits per heavy atom. The zero-order valence-electron chi connectivity index (χ0n) is 36.2. The number of rotatable bonds is 7. The number of nitrogens with two attached hydrogens (primary N) is 1. The standard InChI is InChI=1S/C59H42N6S/c1-36(13-12-21-50(60)41-29-30-56-49(33-41)46-20-8-11-24-55(46)66-56)64-51-22-9-6-18-44(51)47-34-48-45-19-7-10-23-52(45)65(54(48)35-53(47)64)59-62-57(42-27-25-37-14-2-4-16-39(37)31-42)61-58(63-59)43-28-26-38-15-3-5-17-40(38)32-43/h2-9,11-22,24-36H,10,23,60H2,1H3/b13-12-,50-21-. The van der Waals surface area contributed by atoms with Crippen LogP contribution >= 0.6 is 11.3 Å². The normalized spacial score (nSPS) is 13.7. The Morgan fingerprint density at radius 1 is 0.591 bits per heavy atom. The van der Waals surface area contributed by atoms with Gasteiger partial charge in [-0.25, -0.2) is 4.98 Å². The molecule has 13 rings (SSSR count). The minimum absolute atomic E-state index is 0.00585. The topological polar surface area (TPSA) is 74.5 Å². The van der Waals surface area contributed by atoms with Crippen LogP contribution in [0, 0.1) is 0 Å². The molecular weight excluding hydrogens is 825 g/mol. The van der Waals surface area contributed by atoms with Gasteiger partial charge in [0.2, 0.25) is 5.95 Å². The summed E-state index contributed by atoms with van der Waals surface area (Å²) >= 11 is 1.82. The van der Waals surface area contributed by atoms with E-state index in [-0.39, 0.29) is 6.04 Å². The number of hydrogen-bond donors (Lipinski definition) is 1. The molecular formula is C59H42N6S. The second kappa shape index (κ2) is 15.3. The van der Waals surface area contributed by atoms with E-state index >= 15 is 0 Å². The molecule has 0 fully saturated rings. The molecule has 1 aliphatic carbocycles. The van der Waals surface area contributed by atoms with Gasteiger partial charge in [-0.05, 0) is 101 Å². The predicted octanol–water partition coefficient (Wildman–Crippen LogP) is 15.0. The number of thiophene rings is 1. The van der Waals surface area contributed by atoms with E-state index < -0.39 is 0 Å². The van der Waals surface area contributed by atoms with Crippen molar-refractivity contribution in [1.29, 1.82) is 0 Å². The number of nitrogens with zero attached hydrogens (tertiary/aromatic N) is 5. The Kier molecular flexibility index (Phi) is 8.86. The van der Waals surface area contributed by atoms with Gasteiger partial charge in [-0.15, -0.1) is 11.3 Å². The van der Waals surface area contributed by atoms with Gasteiger partial charge in [-0.2, -0.15) is 9.97 Å². The van der Waals surface area contributed by atoms with Gasteiger partial charge in [0.1, 0.15) is 0 Å². The summed E-state index contributed by atoms with van der Waals surface area (Å²) in [6.45, 7) is 2.25. The van der Waals surface area contributed by atoms with Gasteiger partial charge in [-0.1, -0.05) is 140 Å². The highest BCUT2D eigenvalue weighted by Crippen LogP contribution is 2.41. The van der Waals surface area contributed by atoms with Crippen LogP contribution < -0.4 is 5.73 Å². The first-order valence-corrected chi connectivity index (χ1v) is 23.4. The first-order valence-electron chi connectivity index (χ1n) is 22.6. The lowest BCUT2D eigenvalue weighted by molar-refractivity contribution is 0.710. The van der Waals surface area contributed by atoms with Crippen LogP contribution in [-0.2, 0) is 6.42 Å². The molecule has 0 radical (unpaired) electrons. The van der Waals surface area contributed by atoms with Crippen LogP contribution in [0.4, 0.5) is 0 Å². The van der Waals surface area contributed by atoms with Crippen molar-refractivity contribution < 1.29 is 0 Å². The fraction of sp³-hybridized carbons (Fsp3) is 0.0678. The monoisotopic (exact) mass is 866 g/mol. The molecule has 8 aromatic carbocycles. The molecule has 0 amide bonds. The predicted molar refractivity (Wildman–Crippen MR) is 278 cm³/mol. The second-order valence-corrected chi connectivity index (χ2v) is 18.5. The number of hydrogen-bond acceptors (Lipinski definition) is 5. The Hall–Kier alpha value is -8.13. The molecule has 7 heteroatoms. The van der Waals surface area contributed by atoms with E-state index in [1.807, 2.05) is 17.4 Å². The van der Waals surface area contributed by atoms with Crippen molar-refractivity contribution in [2.75, 3.05) is 0 Å². The van der Waals surface area contributed by atoms with Crippen LogP contribution in [0.5, 0.6) is 0 Å². The summed E-state index contributed by atoms with van der Waals surface area (Å²) in [5.74, 6) is 1.89. The van der Waals surface area contributed by atoms with Crippen LogP contribution in [0.3, 0.4) is 0 Å². The van der Waals surface area contributed by atoms with Gasteiger partial charge in [0.05, 0.1) is 11.0 Å². The third-order valence-electron chi connectivity index (χ3n) is 13.4. The van der Waals surface area contributed by atoms with Crippen LogP contribution in [0.2, 0.25) is 0 Å². The van der Waals surface area contributed by atoms with Gasteiger partial charge in [0.15, 0.2) is 11.6 Å². The van der Waals surface area contributed by atoms with E-state index in [1.54, 1.807) is 0 Å². The minimum Gasteiger partial charge on any atom is -0.398 e. The van der Waals surface area contributed by atoms with Crippen LogP contribution in [0.1, 0.15) is 36.2 Å². The molecule has 0 saturated carbocycles. The van der Waals surface area contributed by atoms with Crippen molar-refractivity contribution in [2.24, 2.45) is 5.73 Å². The molecule has 0 aliphatic heterocycles. The quantitative estimate of drug-likeness (QED) is 0.162. The fourth-order valence-corrected chi connectivity index (χ4v) is 11.3. The molecule has 4 aromatic heterocycles. The Bertz CT molecular complexity index is 3950. The van der Waals surface area contributed by atoms with Gasteiger partial charge in [0.25, 0.3) is 0 Å². The van der Waals surface area contributed by atoms with Crippen molar-refractivity contribution in [3.63, 3.8) is 0 Å². The van der Waals surface area contributed by atoms with Gasteiger partial charge < -0.3 is 10.3 Å². The molecule has 0 spiro atoms. The average Bonchev–Trinajstić information content (AvgIpc) is 4.02. The van der Waals surface area contributed by atoms with Gasteiger partial charge in [0, 0.05) is 76.0 Å². The molecule has 66 heavy (non-hydrogen) atoms. The summed E-state index contributed by atoms with van der Waals surface area (Å²) in [6, 6.07) is 58.4. The summed E-state index contributed by atoms with van der Waals surface area (Å²) < 4.78 is 7.32. The SMILES string of the molecule is CC(/C=C\C=C(/N)c1ccc2sc3ccccc3c2c1)n1c2ccccc2c2cc3c4c(n(-c5nc(-c6ccc7ccccc7c6)nc(-c6ccc7ccccc7c6)n5)c3cc21)CCC=C4. The highest BCUT2D eigenvalue weighted by molar-refractivity contribution is 7.25. The number of para-hydroxylation sites is 1. The van der Waals surface area contributed by atoms with Crippen LogP contribution in [0.25, 0.3) is 115 Å². The number of aromatic nitrogens is 5. The zero-order valence-corrected chi connectivity index (χ0v) is 37.0. The molecule has 1 unspecified atom stereocenters. The lowest BCUT2D eigenvalue weighted by Crippen LogP contribution is -2.10. The van der Waals surface area contributed by atoms with E-state index in [1.165, 1.54) is 63.9 Å². The molecule has 0 saturated heterocycles. The molecule has 4 heterocycles. The van der Waals surface area contributed by atoms with Gasteiger partial charge in [-0.3, -0.25) is 4.57 Å². The molecule has 6 nitrogen and oxygen atoms in total. The molecule has 0 bridgehead atoms. The fourth-order valence-electron chi connectivity index (χ4n) is 10.2. The molecule has 1 atom stereocenters. The van der Waals surface area contributed by atoms with E-state index in [2.05, 4.69) is 204 Å². The summed E-state index contributed by atoms with van der Waals surface area (Å²) in [6.07, 6.45) is 12.8. The van der Waals surface area contributed by atoms with Crippen LogP contribution in [-0.4, -0.2) is 24.1 Å². The third kappa shape index (κ3) is 6.26. The van der Waals surface area contributed by atoms with E-state index in [9.17, 15) is 0 Å². The lowest BCUT2D eigenvalue weighted by atomic mass is 10.0. The average molecular weight is 867 g/mol. The third-order valence-corrected chi connectivity index (χ3v) is 14.5. The maximum absolute atomic E-state index is 6.79. The molecule has 314 valence electrons. The maximum Gasteiger partial charge on any atom is 0.238 e. The number of fused-ring (bicyclic) bond motifs is 11. The second-order valence-electron chi connectivity index (χ2n) is 17.4.